The fraction of sp³-hybridized carbons (Fsp3) is 0.600. The average molecular weight is 318 g/mol. The zero-order chi connectivity index (χ0) is 11.0. The highest BCUT2D eigenvalue weighted by Gasteiger charge is 2.28. The van der Waals surface area contributed by atoms with E-state index < -0.39 is 0 Å². The highest BCUT2D eigenvalue weighted by molar-refractivity contribution is 14.1. The van der Waals surface area contributed by atoms with Gasteiger partial charge in [-0.1, -0.05) is 0 Å². The first-order valence-electron chi connectivity index (χ1n) is 5.04. The largest absolute Gasteiger partial charge is 0.383 e. The molecule has 1 heterocycles. The fourth-order valence-electron chi connectivity index (χ4n) is 1.51. The second kappa shape index (κ2) is 4.21. The van der Waals surface area contributed by atoms with Crippen molar-refractivity contribution in [1.82, 2.24) is 14.9 Å². The van der Waals surface area contributed by atoms with Crippen molar-refractivity contribution in [3.8, 4) is 0 Å². The smallest absolute Gasteiger partial charge is 0.145 e. The van der Waals surface area contributed by atoms with Gasteiger partial charge in [0.15, 0.2) is 0 Å². The van der Waals surface area contributed by atoms with Crippen LogP contribution in [0.25, 0.3) is 0 Å². The third-order valence-electron chi connectivity index (χ3n) is 2.37. The van der Waals surface area contributed by atoms with Gasteiger partial charge in [-0.25, -0.2) is 9.97 Å². The molecule has 0 amide bonds. The normalized spacial score (nSPS) is 16.0. The quantitative estimate of drug-likeness (QED) is 0.860. The summed E-state index contributed by atoms with van der Waals surface area (Å²) in [6, 6.07) is 0. The number of halogens is 1. The third kappa shape index (κ3) is 2.57. The second-order valence-corrected chi connectivity index (χ2v) is 5.32. The molecule has 82 valence electrons. The molecular weight excluding hydrogens is 303 g/mol. The van der Waals surface area contributed by atoms with E-state index in [9.17, 15) is 0 Å². The summed E-state index contributed by atoms with van der Waals surface area (Å²) in [5.74, 6) is 2.09. The standard InChI is InChI=1S/C10H15IN4/c1-15(2)5-7-13-9(6-3-4-6)8(11)10(12)14-7/h6H,3-5H2,1-2H3,(H2,12,13,14). The zero-order valence-corrected chi connectivity index (χ0v) is 11.2. The van der Waals surface area contributed by atoms with Crippen LogP contribution in [-0.4, -0.2) is 29.0 Å². The summed E-state index contributed by atoms with van der Waals surface area (Å²) in [5, 5.41) is 0. The molecule has 1 aliphatic carbocycles. The van der Waals surface area contributed by atoms with Crippen LogP contribution in [0.1, 0.15) is 30.3 Å². The number of nitrogens with zero attached hydrogens (tertiary/aromatic N) is 3. The molecule has 0 aliphatic heterocycles. The average Bonchev–Trinajstić information content (AvgIpc) is 2.93. The molecule has 0 spiro atoms. The molecule has 0 aromatic carbocycles. The lowest BCUT2D eigenvalue weighted by Gasteiger charge is -2.11. The van der Waals surface area contributed by atoms with Crippen LogP contribution < -0.4 is 5.73 Å². The Labute approximate surface area is 103 Å². The summed E-state index contributed by atoms with van der Waals surface area (Å²) in [4.78, 5) is 11.0. The van der Waals surface area contributed by atoms with E-state index in [2.05, 4.69) is 37.5 Å². The van der Waals surface area contributed by atoms with Gasteiger partial charge in [-0.05, 0) is 49.5 Å². The fourth-order valence-corrected chi connectivity index (χ4v) is 2.19. The molecule has 2 N–H and O–H groups in total. The lowest BCUT2D eigenvalue weighted by molar-refractivity contribution is 0.390. The van der Waals surface area contributed by atoms with Gasteiger partial charge in [-0.3, -0.25) is 0 Å². The predicted molar refractivity (Wildman–Crippen MR) is 68.5 cm³/mol. The molecule has 1 aromatic heterocycles. The third-order valence-corrected chi connectivity index (χ3v) is 3.48. The molecule has 1 aliphatic rings. The van der Waals surface area contributed by atoms with Gasteiger partial charge >= 0.3 is 0 Å². The van der Waals surface area contributed by atoms with Gasteiger partial charge in [-0.15, -0.1) is 0 Å². The van der Waals surface area contributed by atoms with Gasteiger partial charge in [0.05, 0.1) is 15.8 Å². The van der Waals surface area contributed by atoms with E-state index in [1.54, 1.807) is 0 Å². The molecular formula is C10H15IN4. The molecule has 1 aromatic rings. The van der Waals surface area contributed by atoms with E-state index in [1.165, 1.54) is 12.8 Å². The van der Waals surface area contributed by atoms with Gasteiger partial charge < -0.3 is 10.6 Å². The molecule has 0 atom stereocenters. The first kappa shape index (κ1) is 11.1. The molecule has 0 bridgehead atoms. The van der Waals surface area contributed by atoms with E-state index in [0.29, 0.717) is 11.7 Å². The Kier molecular flexibility index (Phi) is 3.11. The van der Waals surface area contributed by atoms with Crippen LogP contribution in [0.5, 0.6) is 0 Å². The number of anilines is 1. The molecule has 1 fully saturated rings. The molecule has 1 saturated carbocycles. The van der Waals surface area contributed by atoms with Crippen LogP contribution in [0.3, 0.4) is 0 Å². The molecule has 0 radical (unpaired) electrons. The van der Waals surface area contributed by atoms with Gasteiger partial charge in [0.1, 0.15) is 11.6 Å². The monoisotopic (exact) mass is 318 g/mol. The Morgan fingerprint density at radius 2 is 2.07 bits per heavy atom. The van der Waals surface area contributed by atoms with Crippen LogP contribution in [0.2, 0.25) is 0 Å². The maximum Gasteiger partial charge on any atom is 0.145 e. The summed E-state index contributed by atoms with van der Waals surface area (Å²) in [5.41, 5.74) is 7.04. The predicted octanol–water partition coefficient (Wildman–Crippen LogP) is 1.60. The Balaban J connectivity index is 2.32. The lowest BCUT2D eigenvalue weighted by atomic mass is 10.2. The highest BCUT2D eigenvalue weighted by atomic mass is 127. The zero-order valence-electron chi connectivity index (χ0n) is 9.00. The van der Waals surface area contributed by atoms with Crippen molar-refractivity contribution in [3.05, 3.63) is 15.1 Å². The number of nitrogen functional groups attached to an aromatic ring is 1. The Morgan fingerprint density at radius 3 is 2.60 bits per heavy atom. The lowest BCUT2D eigenvalue weighted by Crippen LogP contribution is -2.16. The molecule has 15 heavy (non-hydrogen) atoms. The van der Waals surface area contributed by atoms with E-state index in [4.69, 9.17) is 5.73 Å². The van der Waals surface area contributed by atoms with Gasteiger partial charge in [0.25, 0.3) is 0 Å². The number of aromatic nitrogens is 2. The van der Waals surface area contributed by atoms with Gasteiger partial charge in [0.2, 0.25) is 0 Å². The van der Waals surface area contributed by atoms with Crippen molar-refractivity contribution < 1.29 is 0 Å². The van der Waals surface area contributed by atoms with Crippen LogP contribution in [0, 0.1) is 3.57 Å². The Morgan fingerprint density at radius 1 is 1.40 bits per heavy atom. The minimum Gasteiger partial charge on any atom is -0.383 e. The summed E-state index contributed by atoms with van der Waals surface area (Å²) in [6.45, 7) is 0.751. The minimum atomic E-state index is 0.628. The first-order valence-corrected chi connectivity index (χ1v) is 6.12. The van der Waals surface area contributed by atoms with Crippen molar-refractivity contribution in [1.29, 1.82) is 0 Å². The molecule has 2 rings (SSSR count). The topological polar surface area (TPSA) is 55.0 Å². The SMILES string of the molecule is CN(C)Cc1nc(N)c(I)c(C2CC2)n1. The highest BCUT2D eigenvalue weighted by Crippen LogP contribution is 2.41. The molecule has 5 heteroatoms. The minimum absolute atomic E-state index is 0.628. The van der Waals surface area contributed by atoms with Crippen LogP contribution in [-0.2, 0) is 6.54 Å². The van der Waals surface area contributed by atoms with Crippen LogP contribution in [0.4, 0.5) is 5.82 Å². The van der Waals surface area contributed by atoms with Crippen molar-refractivity contribution in [2.24, 2.45) is 0 Å². The molecule has 0 unspecified atom stereocenters. The number of rotatable bonds is 3. The van der Waals surface area contributed by atoms with Crippen LogP contribution >= 0.6 is 22.6 Å². The van der Waals surface area contributed by atoms with Crippen molar-refractivity contribution >= 4 is 28.4 Å². The second-order valence-electron chi connectivity index (χ2n) is 4.24. The summed E-state index contributed by atoms with van der Waals surface area (Å²) < 4.78 is 1.04. The van der Waals surface area contributed by atoms with Crippen LogP contribution in [0.15, 0.2) is 0 Å². The van der Waals surface area contributed by atoms with Crippen molar-refractivity contribution in [3.63, 3.8) is 0 Å². The van der Waals surface area contributed by atoms with Gasteiger partial charge in [-0.2, -0.15) is 0 Å². The number of hydrogen-bond donors (Lipinski definition) is 1. The molecule has 4 nitrogen and oxygen atoms in total. The summed E-state index contributed by atoms with van der Waals surface area (Å²) >= 11 is 2.25. The van der Waals surface area contributed by atoms with Crippen molar-refractivity contribution in [2.45, 2.75) is 25.3 Å². The Bertz CT molecular complexity index is 374. The van der Waals surface area contributed by atoms with E-state index in [1.807, 2.05) is 14.1 Å². The van der Waals surface area contributed by atoms with E-state index in [0.717, 1.165) is 21.6 Å². The first-order chi connectivity index (χ1) is 7.08. The maximum absolute atomic E-state index is 5.89. The van der Waals surface area contributed by atoms with E-state index in [-0.39, 0.29) is 0 Å². The number of nitrogens with two attached hydrogens (primary N) is 1. The summed E-state index contributed by atoms with van der Waals surface area (Å²) in [6.07, 6.45) is 2.49. The van der Waals surface area contributed by atoms with Gasteiger partial charge in [0, 0.05) is 5.92 Å². The summed E-state index contributed by atoms with van der Waals surface area (Å²) in [7, 11) is 4.02. The molecule has 0 saturated heterocycles. The Hall–Kier alpha value is -0.430. The maximum atomic E-state index is 5.89. The van der Waals surface area contributed by atoms with E-state index >= 15 is 0 Å². The van der Waals surface area contributed by atoms with Crippen molar-refractivity contribution in [2.75, 3.05) is 19.8 Å². The number of hydrogen-bond acceptors (Lipinski definition) is 4.